The number of carbonyl (C=O) groups is 1. The van der Waals surface area contributed by atoms with Crippen molar-refractivity contribution in [2.24, 2.45) is 16.6 Å². The molecule has 2 aromatic carbocycles. The third-order valence-corrected chi connectivity index (χ3v) is 4.54. The van der Waals surface area contributed by atoms with Crippen molar-refractivity contribution >= 4 is 17.7 Å². The first-order valence-corrected chi connectivity index (χ1v) is 10.2. The van der Waals surface area contributed by atoms with E-state index < -0.39 is 5.60 Å². The van der Waals surface area contributed by atoms with Gasteiger partial charge in [-0.1, -0.05) is 24.3 Å². The van der Waals surface area contributed by atoms with Gasteiger partial charge in [0.25, 0.3) is 0 Å². The van der Waals surface area contributed by atoms with Crippen molar-refractivity contribution in [1.82, 2.24) is 4.90 Å². The van der Waals surface area contributed by atoms with Gasteiger partial charge in [0.15, 0.2) is 5.96 Å². The lowest BCUT2D eigenvalue weighted by Crippen LogP contribution is -2.35. The van der Waals surface area contributed by atoms with Gasteiger partial charge in [0.1, 0.15) is 17.1 Å². The summed E-state index contributed by atoms with van der Waals surface area (Å²) in [5.74, 6) is 2.09. The molecule has 1 unspecified atom stereocenters. The molecule has 1 amide bonds. The van der Waals surface area contributed by atoms with E-state index in [9.17, 15) is 4.79 Å². The standard InChI is InChI=1S/C23H30N4O3/c1-23(2,3)30-22(28)27-13-12-17(16-27)15-25-21(24)26-18-8-7-11-20(14-18)29-19-9-5-4-6-10-19/h4-11,14,17H,12-13,15-16H2,1-3H3,(H3,24,25,26). The summed E-state index contributed by atoms with van der Waals surface area (Å²) >= 11 is 0. The molecule has 1 aliphatic heterocycles. The Morgan fingerprint density at radius 3 is 2.63 bits per heavy atom. The van der Waals surface area contributed by atoms with Crippen molar-refractivity contribution in [2.45, 2.75) is 32.8 Å². The van der Waals surface area contributed by atoms with E-state index in [0.717, 1.165) is 17.9 Å². The van der Waals surface area contributed by atoms with Crippen LogP contribution in [0.5, 0.6) is 11.5 Å². The van der Waals surface area contributed by atoms with Gasteiger partial charge in [-0.2, -0.15) is 0 Å². The molecule has 0 spiro atoms. The molecule has 1 atom stereocenters. The van der Waals surface area contributed by atoms with Gasteiger partial charge in [-0.25, -0.2) is 4.79 Å². The molecule has 1 aliphatic rings. The smallest absolute Gasteiger partial charge is 0.410 e. The fourth-order valence-electron chi connectivity index (χ4n) is 3.15. The minimum atomic E-state index is -0.486. The van der Waals surface area contributed by atoms with Gasteiger partial charge in [-0.3, -0.25) is 4.99 Å². The van der Waals surface area contributed by atoms with Crippen molar-refractivity contribution in [1.29, 1.82) is 0 Å². The van der Waals surface area contributed by atoms with Crippen LogP contribution in [-0.4, -0.2) is 42.2 Å². The quantitative estimate of drug-likeness (QED) is 0.561. The maximum absolute atomic E-state index is 12.2. The molecule has 160 valence electrons. The summed E-state index contributed by atoms with van der Waals surface area (Å²) in [7, 11) is 0. The van der Waals surface area contributed by atoms with E-state index in [1.54, 1.807) is 4.90 Å². The predicted octanol–water partition coefficient (Wildman–Crippen LogP) is 4.46. The highest BCUT2D eigenvalue weighted by molar-refractivity contribution is 5.92. The van der Waals surface area contributed by atoms with Crippen LogP contribution in [0.25, 0.3) is 0 Å². The Balaban J connectivity index is 1.50. The molecule has 0 bridgehead atoms. The maximum atomic E-state index is 12.2. The van der Waals surface area contributed by atoms with Crippen LogP contribution in [-0.2, 0) is 4.74 Å². The van der Waals surface area contributed by atoms with Crippen LogP contribution in [0, 0.1) is 5.92 Å². The number of benzene rings is 2. The minimum Gasteiger partial charge on any atom is -0.457 e. The first-order chi connectivity index (χ1) is 14.3. The number of likely N-dealkylation sites (tertiary alicyclic amines) is 1. The van der Waals surface area contributed by atoms with Gasteiger partial charge in [-0.05, 0) is 57.4 Å². The Morgan fingerprint density at radius 2 is 1.90 bits per heavy atom. The maximum Gasteiger partial charge on any atom is 0.410 e. The summed E-state index contributed by atoms with van der Waals surface area (Å²) < 4.78 is 11.3. The van der Waals surface area contributed by atoms with Crippen LogP contribution < -0.4 is 15.8 Å². The molecule has 30 heavy (non-hydrogen) atoms. The second-order valence-electron chi connectivity index (χ2n) is 8.37. The molecule has 7 nitrogen and oxygen atoms in total. The first kappa shape index (κ1) is 21.5. The minimum absolute atomic E-state index is 0.268. The molecule has 0 saturated carbocycles. The van der Waals surface area contributed by atoms with E-state index in [0.29, 0.717) is 31.3 Å². The number of hydrogen-bond donors (Lipinski definition) is 2. The molecule has 3 rings (SSSR count). The predicted molar refractivity (Wildman–Crippen MR) is 119 cm³/mol. The van der Waals surface area contributed by atoms with Gasteiger partial charge in [0, 0.05) is 31.4 Å². The number of para-hydroxylation sites is 1. The number of hydrogen-bond acceptors (Lipinski definition) is 4. The molecule has 1 saturated heterocycles. The van der Waals surface area contributed by atoms with Crippen molar-refractivity contribution in [3.63, 3.8) is 0 Å². The molecular formula is C23H30N4O3. The number of nitrogens with two attached hydrogens (primary N) is 1. The number of amides is 1. The van der Waals surface area contributed by atoms with Gasteiger partial charge in [0.05, 0.1) is 0 Å². The van der Waals surface area contributed by atoms with Crippen molar-refractivity contribution in [2.75, 3.05) is 25.0 Å². The Morgan fingerprint density at radius 1 is 1.17 bits per heavy atom. The number of aliphatic imine (C=N–C) groups is 1. The molecule has 3 N–H and O–H groups in total. The zero-order valence-corrected chi connectivity index (χ0v) is 17.8. The SMILES string of the molecule is CC(C)(C)OC(=O)N1CCC(CN=C(N)Nc2cccc(Oc3ccccc3)c2)C1. The molecule has 0 aromatic heterocycles. The lowest BCUT2D eigenvalue weighted by atomic mass is 10.1. The average molecular weight is 411 g/mol. The van der Waals surface area contributed by atoms with Crippen molar-refractivity contribution in [3.8, 4) is 11.5 Å². The van der Waals surface area contributed by atoms with Crippen LogP contribution in [0.2, 0.25) is 0 Å². The third-order valence-electron chi connectivity index (χ3n) is 4.54. The molecular weight excluding hydrogens is 380 g/mol. The summed E-state index contributed by atoms with van der Waals surface area (Å²) in [6, 6.07) is 17.1. The first-order valence-electron chi connectivity index (χ1n) is 10.2. The van der Waals surface area contributed by atoms with Crippen LogP contribution in [0.4, 0.5) is 10.5 Å². The highest BCUT2D eigenvalue weighted by atomic mass is 16.6. The fourth-order valence-corrected chi connectivity index (χ4v) is 3.15. The number of carbonyl (C=O) groups excluding carboxylic acids is 1. The number of nitrogens with zero attached hydrogens (tertiary/aromatic N) is 2. The Kier molecular flexibility index (Phi) is 6.82. The van der Waals surface area contributed by atoms with Crippen LogP contribution in [0.15, 0.2) is 59.6 Å². The van der Waals surface area contributed by atoms with Gasteiger partial charge in [0.2, 0.25) is 0 Å². The molecule has 0 aliphatic carbocycles. The van der Waals surface area contributed by atoms with Crippen LogP contribution in [0.1, 0.15) is 27.2 Å². The summed E-state index contributed by atoms with van der Waals surface area (Å²) in [5.41, 5.74) is 6.37. The van der Waals surface area contributed by atoms with E-state index in [4.69, 9.17) is 15.2 Å². The Hall–Kier alpha value is -3.22. The fraction of sp³-hybridized carbons (Fsp3) is 0.391. The van der Waals surface area contributed by atoms with E-state index in [1.165, 1.54) is 0 Å². The number of nitrogens with one attached hydrogen (secondary N) is 1. The van der Waals surface area contributed by atoms with E-state index in [-0.39, 0.29) is 12.0 Å². The highest BCUT2D eigenvalue weighted by Crippen LogP contribution is 2.24. The molecule has 1 heterocycles. The van der Waals surface area contributed by atoms with Crippen molar-refractivity contribution < 1.29 is 14.3 Å². The van der Waals surface area contributed by atoms with E-state index in [1.807, 2.05) is 75.4 Å². The number of anilines is 1. The van der Waals surface area contributed by atoms with Crippen LogP contribution in [0.3, 0.4) is 0 Å². The van der Waals surface area contributed by atoms with E-state index in [2.05, 4.69) is 10.3 Å². The summed E-state index contributed by atoms with van der Waals surface area (Å²) in [6.45, 7) is 7.48. The highest BCUT2D eigenvalue weighted by Gasteiger charge is 2.29. The number of ether oxygens (including phenoxy) is 2. The lowest BCUT2D eigenvalue weighted by Gasteiger charge is -2.24. The zero-order valence-electron chi connectivity index (χ0n) is 17.8. The van der Waals surface area contributed by atoms with Crippen LogP contribution >= 0.6 is 0 Å². The number of guanidine groups is 1. The largest absolute Gasteiger partial charge is 0.457 e. The molecule has 2 aromatic rings. The number of rotatable bonds is 5. The van der Waals surface area contributed by atoms with E-state index >= 15 is 0 Å². The normalized spacial score (nSPS) is 17.0. The second kappa shape index (κ2) is 9.52. The third kappa shape index (κ3) is 6.69. The van der Waals surface area contributed by atoms with Crippen molar-refractivity contribution in [3.05, 3.63) is 54.6 Å². The van der Waals surface area contributed by atoms with Gasteiger partial charge >= 0.3 is 6.09 Å². The van der Waals surface area contributed by atoms with Gasteiger partial charge in [-0.15, -0.1) is 0 Å². The molecule has 1 fully saturated rings. The molecule has 0 radical (unpaired) electrons. The van der Waals surface area contributed by atoms with Gasteiger partial charge < -0.3 is 25.4 Å². The Labute approximate surface area is 177 Å². The average Bonchev–Trinajstić information content (AvgIpc) is 3.16. The Bertz CT molecular complexity index is 878. The molecule has 7 heteroatoms. The summed E-state index contributed by atoms with van der Waals surface area (Å²) in [4.78, 5) is 18.4. The lowest BCUT2D eigenvalue weighted by molar-refractivity contribution is 0.0289. The zero-order chi connectivity index (χ0) is 21.6. The second-order valence-corrected chi connectivity index (χ2v) is 8.37. The summed E-state index contributed by atoms with van der Waals surface area (Å²) in [5, 5.41) is 3.10. The topological polar surface area (TPSA) is 89.2 Å². The monoisotopic (exact) mass is 410 g/mol. The summed E-state index contributed by atoms with van der Waals surface area (Å²) in [6.07, 6.45) is 0.617.